The van der Waals surface area contributed by atoms with Gasteiger partial charge in [-0.25, -0.2) is 15.0 Å². The molecule has 0 radical (unpaired) electrons. The summed E-state index contributed by atoms with van der Waals surface area (Å²) in [4.78, 5) is 16.1. The summed E-state index contributed by atoms with van der Waals surface area (Å²) in [7, 11) is 0. The summed E-state index contributed by atoms with van der Waals surface area (Å²) in [5, 5.41) is 3.49. The van der Waals surface area contributed by atoms with Crippen LogP contribution < -0.4 is 0 Å². The van der Waals surface area contributed by atoms with Gasteiger partial charge in [0, 0.05) is 38.6 Å². The third-order valence-electron chi connectivity index (χ3n) is 10.5. The molecule has 0 atom stereocenters. The van der Waals surface area contributed by atoms with Crippen LogP contribution in [0.2, 0.25) is 0 Å². The van der Waals surface area contributed by atoms with Gasteiger partial charge in [-0.05, 0) is 45.8 Å². The molecule has 0 aliphatic carbocycles. The molecule has 0 saturated heterocycles. The molecule has 0 unspecified atom stereocenters. The maximum atomic E-state index is 5.43. The Balaban J connectivity index is 1.06. The lowest BCUT2D eigenvalue weighted by Crippen LogP contribution is -2.00. The fraction of sp³-hybridized carbons (Fsp3) is 0. The first-order valence-electron chi connectivity index (χ1n) is 18.9. The van der Waals surface area contributed by atoms with Crippen molar-refractivity contribution >= 4 is 21.7 Å². The summed E-state index contributed by atoms with van der Waals surface area (Å²) in [6, 6.07) is 74.2. The Bertz CT molecular complexity index is 2980. The second kappa shape index (κ2) is 14.4. The highest BCUT2D eigenvalue weighted by atomic mass is 14.9. The lowest BCUT2D eigenvalue weighted by molar-refractivity contribution is 1.21. The minimum absolute atomic E-state index is 0.845. The van der Waals surface area contributed by atoms with E-state index in [9.17, 15) is 0 Å². The van der Waals surface area contributed by atoms with Crippen molar-refractivity contribution < 1.29 is 0 Å². The van der Waals surface area contributed by atoms with E-state index in [2.05, 4.69) is 194 Å². The van der Waals surface area contributed by atoms with Crippen LogP contribution in [0.5, 0.6) is 0 Å². The standard InChI is InChI=1S/C53H35N3/c1-5-16-36(17-6-1)43-32-33-48-47(35-43)45-26-13-14-27-46(45)49(54-48)44-25-15-24-42(34-44)37-28-30-41(31-29-37)53-52(40-22-11-4-12-23-40)55-50(38-18-7-2-8-19-38)51(56-53)39-20-9-3-10-21-39/h1-35H. The quantitative estimate of drug-likeness (QED) is 0.154. The molecule has 0 aliphatic heterocycles. The monoisotopic (exact) mass is 713 g/mol. The summed E-state index contributed by atoms with van der Waals surface area (Å²) in [5.74, 6) is 0. The number of fused-ring (bicyclic) bond motifs is 3. The number of pyridine rings is 1. The molecule has 8 aromatic carbocycles. The van der Waals surface area contributed by atoms with Gasteiger partial charge in [-0.3, -0.25) is 0 Å². The highest BCUT2D eigenvalue weighted by Gasteiger charge is 2.20. The van der Waals surface area contributed by atoms with E-state index in [0.717, 1.165) is 83.7 Å². The molecule has 2 heterocycles. The Morgan fingerprint density at radius 3 is 1.12 bits per heavy atom. The zero-order chi connectivity index (χ0) is 37.3. The van der Waals surface area contributed by atoms with Gasteiger partial charge in [0.2, 0.25) is 0 Å². The Labute approximate surface area is 326 Å². The molecule has 10 aromatic rings. The lowest BCUT2D eigenvalue weighted by Gasteiger charge is -2.16. The lowest BCUT2D eigenvalue weighted by atomic mass is 9.95. The zero-order valence-electron chi connectivity index (χ0n) is 30.5. The SMILES string of the molecule is c1ccc(-c2ccc3nc(-c4cccc(-c5ccc(-c6nc(-c7ccccc7)c(-c7ccccc7)nc6-c6ccccc6)cc5)c4)c4ccccc4c3c2)cc1. The van der Waals surface area contributed by atoms with E-state index < -0.39 is 0 Å². The van der Waals surface area contributed by atoms with Crippen molar-refractivity contribution in [2.75, 3.05) is 0 Å². The average Bonchev–Trinajstić information content (AvgIpc) is 3.29. The zero-order valence-corrected chi connectivity index (χ0v) is 30.5. The molecule has 56 heavy (non-hydrogen) atoms. The van der Waals surface area contributed by atoms with Crippen LogP contribution in [0.25, 0.3) is 100 Å². The molecule has 0 bridgehead atoms. The van der Waals surface area contributed by atoms with Crippen molar-refractivity contribution in [3.05, 3.63) is 212 Å². The van der Waals surface area contributed by atoms with Crippen molar-refractivity contribution in [1.29, 1.82) is 0 Å². The molecule has 262 valence electrons. The highest BCUT2D eigenvalue weighted by Crippen LogP contribution is 2.39. The van der Waals surface area contributed by atoms with Gasteiger partial charge in [0.15, 0.2) is 0 Å². The summed E-state index contributed by atoms with van der Waals surface area (Å²) in [5.41, 5.74) is 15.2. The number of hydrogen-bond donors (Lipinski definition) is 0. The topological polar surface area (TPSA) is 38.7 Å². The van der Waals surface area contributed by atoms with E-state index in [1.54, 1.807) is 0 Å². The molecule has 0 saturated carbocycles. The maximum Gasteiger partial charge on any atom is 0.0973 e. The normalized spacial score (nSPS) is 11.2. The van der Waals surface area contributed by atoms with Crippen LogP contribution >= 0.6 is 0 Å². The van der Waals surface area contributed by atoms with E-state index in [1.807, 2.05) is 18.2 Å². The third kappa shape index (κ3) is 6.21. The molecule has 0 aliphatic rings. The van der Waals surface area contributed by atoms with Gasteiger partial charge in [-0.15, -0.1) is 0 Å². The highest BCUT2D eigenvalue weighted by molar-refractivity contribution is 6.12. The van der Waals surface area contributed by atoms with E-state index in [-0.39, 0.29) is 0 Å². The number of aromatic nitrogens is 3. The van der Waals surface area contributed by atoms with Gasteiger partial charge in [-0.2, -0.15) is 0 Å². The van der Waals surface area contributed by atoms with E-state index in [1.165, 1.54) is 16.5 Å². The molecular weight excluding hydrogens is 679 g/mol. The predicted molar refractivity (Wildman–Crippen MR) is 233 cm³/mol. The van der Waals surface area contributed by atoms with Crippen molar-refractivity contribution in [2.24, 2.45) is 0 Å². The van der Waals surface area contributed by atoms with E-state index in [0.29, 0.717) is 0 Å². The molecule has 0 amide bonds. The smallest absolute Gasteiger partial charge is 0.0973 e. The van der Waals surface area contributed by atoms with E-state index >= 15 is 0 Å². The first kappa shape index (κ1) is 33.1. The van der Waals surface area contributed by atoms with Crippen molar-refractivity contribution in [3.63, 3.8) is 0 Å². The molecule has 3 heteroatoms. The predicted octanol–water partition coefficient (Wildman–Crippen LogP) is 13.8. The van der Waals surface area contributed by atoms with Gasteiger partial charge in [-0.1, -0.05) is 194 Å². The molecule has 10 rings (SSSR count). The summed E-state index contributed by atoms with van der Waals surface area (Å²) < 4.78 is 0. The summed E-state index contributed by atoms with van der Waals surface area (Å²) >= 11 is 0. The van der Waals surface area contributed by atoms with Crippen LogP contribution in [-0.2, 0) is 0 Å². The number of nitrogens with zero attached hydrogens (tertiary/aromatic N) is 3. The Hall–Kier alpha value is -7.49. The first-order chi connectivity index (χ1) is 27.8. The second-order valence-electron chi connectivity index (χ2n) is 14.0. The summed E-state index contributed by atoms with van der Waals surface area (Å²) in [6.45, 7) is 0. The van der Waals surface area contributed by atoms with Gasteiger partial charge in [0.25, 0.3) is 0 Å². The minimum Gasteiger partial charge on any atom is -0.247 e. The largest absolute Gasteiger partial charge is 0.247 e. The molecule has 2 aromatic heterocycles. The first-order valence-corrected chi connectivity index (χ1v) is 18.9. The minimum atomic E-state index is 0.845. The fourth-order valence-corrected chi connectivity index (χ4v) is 7.68. The Morgan fingerprint density at radius 2 is 0.571 bits per heavy atom. The number of rotatable bonds is 7. The maximum absolute atomic E-state index is 5.43. The van der Waals surface area contributed by atoms with Crippen LogP contribution in [0.3, 0.4) is 0 Å². The summed E-state index contributed by atoms with van der Waals surface area (Å²) in [6.07, 6.45) is 0. The Morgan fingerprint density at radius 1 is 0.196 bits per heavy atom. The van der Waals surface area contributed by atoms with Crippen LogP contribution in [-0.4, -0.2) is 15.0 Å². The van der Waals surface area contributed by atoms with Crippen LogP contribution in [0.15, 0.2) is 212 Å². The van der Waals surface area contributed by atoms with Crippen LogP contribution in [0.1, 0.15) is 0 Å². The molecule has 0 fully saturated rings. The molecule has 0 N–H and O–H groups in total. The Kier molecular flexibility index (Phi) is 8.51. The third-order valence-corrected chi connectivity index (χ3v) is 10.5. The number of benzene rings is 8. The van der Waals surface area contributed by atoms with Crippen molar-refractivity contribution in [3.8, 4) is 78.5 Å². The molecule has 0 spiro atoms. The second-order valence-corrected chi connectivity index (χ2v) is 14.0. The fourth-order valence-electron chi connectivity index (χ4n) is 7.68. The van der Waals surface area contributed by atoms with Gasteiger partial charge < -0.3 is 0 Å². The van der Waals surface area contributed by atoms with Crippen LogP contribution in [0, 0.1) is 0 Å². The number of hydrogen-bond acceptors (Lipinski definition) is 3. The average molecular weight is 714 g/mol. The van der Waals surface area contributed by atoms with E-state index in [4.69, 9.17) is 15.0 Å². The van der Waals surface area contributed by atoms with Gasteiger partial charge in [0.1, 0.15) is 0 Å². The van der Waals surface area contributed by atoms with Gasteiger partial charge in [0.05, 0.1) is 34.0 Å². The molecule has 3 nitrogen and oxygen atoms in total. The van der Waals surface area contributed by atoms with Crippen molar-refractivity contribution in [2.45, 2.75) is 0 Å². The van der Waals surface area contributed by atoms with Gasteiger partial charge >= 0.3 is 0 Å². The van der Waals surface area contributed by atoms with Crippen molar-refractivity contribution in [1.82, 2.24) is 15.0 Å². The van der Waals surface area contributed by atoms with Crippen LogP contribution in [0.4, 0.5) is 0 Å². The molecular formula is C53H35N3.